The molecule has 10 heteroatoms. The van der Waals surface area contributed by atoms with Crippen LogP contribution >= 0.6 is 11.6 Å². The zero-order valence-corrected chi connectivity index (χ0v) is 16.2. The normalized spacial score (nSPS) is 11.9. The third-order valence-corrected chi connectivity index (χ3v) is 3.86. The summed E-state index contributed by atoms with van der Waals surface area (Å²) in [5.41, 5.74) is 0.904. The van der Waals surface area contributed by atoms with Gasteiger partial charge in [-0.05, 0) is 31.0 Å². The molecule has 0 radical (unpaired) electrons. The minimum absolute atomic E-state index is 0.343. The van der Waals surface area contributed by atoms with Crippen LogP contribution in [0.25, 0.3) is 0 Å². The van der Waals surface area contributed by atoms with Crippen LogP contribution in [0.5, 0.6) is 5.75 Å². The Hall–Kier alpha value is -2.16. The van der Waals surface area contributed by atoms with Crippen LogP contribution in [0.15, 0.2) is 23.2 Å². The van der Waals surface area contributed by atoms with Crippen molar-refractivity contribution < 1.29 is 22.7 Å². The number of methoxy groups -OCH3 is 1. The Morgan fingerprint density at radius 2 is 2.04 bits per heavy atom. The lowest BCUT2D eigenvalue weighted by molar-refractivity contribution is -0.157. The molecule has 1 amide bonds. The van der Waals surface area contributed by atoms with Crippen LogP contribution in [0.4, 0.5) is 13.2 Å². The largest absolute Gasteiger partial charge is 0.497 e. The predicted octanol–water partition coefficient (Wildman–Crippen LogP) is 2.47. The molecular weight excluding hydrogens is 385 g/mol. The second-order valence-electron chi connectivity index (χ2n) is 5.69. The summed E-state index contributed by atoms with van der Waals surface area (Å²) in [6.07, 6.45) is -3.84. The van der Waals surface area contributed by atoms with Gasteiger partial charge in [0, 0.05) is 25.2 Å². The quantitative estimate of drug-likeness (QED) is 0.512. The van der Waals surface area contributed by atoms with Crippen molar-refractivity contribution in [3.8, 4) is 5.75 Å². The monoisotopic (exact) mass is 408 g/mol. The number of hydrogen-bond acceptors (Lipinski definition) is 3. The van der Waals surface area contributed by atoms with Crippen LogP contribution in [0.2, 0.25) is 5.02 Å². The Kier molecular flexibility index (Phi) is 9.20. The van der Waals surface area contributed by atoms with E-state index in [2.05, 4.69) is 15.6 Å². The molecule has 0 heterocycles. The van der Waals surface area contributed by atoms with Gasteiger partial charge >= 0.3 is 6.18 Å². The topological polar surface area (TPSA) is 66.0 Å². The van der Waals surface area contributed by atoms with Gasteiger partial charge in [-0.3, -0.25) is 4.79 Å². The number of nitrogens with zero attached hydrogens (tertiary/aromatic N) is 2. The highest BCUT2D eigenvalue weighted by Crippen LogP contribution is 2.22. The van der Waals surface area contributed by atoms with Crippen molar-refractivity contribution in [3.63, 3.8) is 0 Å². The number of benzene rings is 1. The molecule has 0 aliphatic carbocycles. The van der Waals surface area contributed by atoms with Gasteiger partial charge in [0.25, 0.3) is 0 Å². The van der Waals surface area contributed by atoms with Gasteiger partial charge in [-0.1, -0.05) is 17.7 Å². The smallest absolute Gasteiger partial charge is 0.406 e. The highest BCUT2D eigenvalue weighted by Gasteiger charge is 2.31. The van der Waals surface area contributed by atoms with Crippen LogP contribution in [0, 0.1) is 0 Å². The van der Waals surface area contributed by atoms with Crippen LogP contribution in [0.3, 0.4) is 0 Å². The van der Waals surface area contributed by atoms with Gasteiger partial charge in [-0.25, -0.2) is 4.99 Å². The molecule has 0 fully saturated rings. The van der Waals surface area contributed by atoms with E-state index in [1.807, 2.05) is 13.0 Å². The Morgan fingerprint density at radius 1 is 1.33 bits per heavy atom. The van der Waals surface area contributed by atoms with Crippen LogP contribution in [0.1, 0.15) is 12.5 Å². The summed E-state index contributed by atoms with van der Waals surface area (Å²) < 4.78 is 42.1. The number of carbonyl (C=O) groups excluding carboxylic acids is 1. The fraction of sp³-hybridized carbons (Fsp3) is 0.529. The van der Waals surface area contributed by atoms with E-state index in [1.165, 1.54) is 0 Å². The average molecular weight is 409 g/mol. The van der Waals surface area contributed by atoms with E-state index in [9.17, 15) is 18.0 Å². The molecule has 6 nitrogen and oxygen atoms in total. The number of ether oxygens (including phenoxy) is 1. The summed E-state index contributed by atoms with van der Waals surface area (Å²) in [4.78, 5) is 16.4. The van der Waals surface area contributed by atoms with Crippen molar-refractivity contribution in [1.29, 1.82) is 0 Å². The zero-order chi connectivity index (χ0) is 20.4. The fourth-order valence-corrected chi connectivity index (χ4v) is 2.40. The highest BCUT2D eigenvalue weighted by atomic mass is 35.5. The first-order chi connectivity index (χ1) is 12.7. The SMILES string of the molecule is CCNC(=NCC(=O)N(C)CC(F)(F)F)NCCc1ccc(OC)cc1Cl. The zero-order valence-electron chi connectivity index (χ0n) is 15.5. The summed E-state index contributed by atoms with van der Waals surface area (Å²) >= 11 is 6.18. The van der Waals surface area contributed by atoms with Crippen molar-refractivity contribution >= 4 is 23.5 Å². The second-order valence-corrected chi connectivity index (χ2v) is 6.10. The van der Waals surface area contributed by atoms with Gasteiger partial charge in [-0.15, -0.1) is 0 Å². The Balaban J connectivity index is 2.58. The van der Waals surface area contributed by atoms with Crippen LogP contribution in [-0.2, 0) is 11.2 Å². The Morgan fingerprint density at radius 3 is 2.59 bits per heavy atom. The first kappa shape index (κ1) is 22.9. The summed E-state index contributed by atoms with van der Waals surface area (Å²) in [5.74, 6) is 0.284. The number of carbonyl (C=O) groups is 1. The Bertz CT molecular complexity index is 654. The number of alkyl halides is 3. The number of hydrogen-bond donors (Lipinski definition) is 2. The maximum absolute atomic E-state index is 12.3. The average Bonchev–Trinajstić information content (AvgIpc) is 2.59. The molecule has 0 atom stereocenters. The molecule has 1 rings (SSSR count). The van der Waals surface area contributed by atoms with E-state index in [0.29, 0.717) is 41.1 Å². The number of aliphatic imine (C=N–C) groups is 1. The molecule has 0 aromatic heterocycles. The van der Waals surface area contributed by atoms with E-state index in [-0.39, 0.29) is 6.54 Å². The first-order valence-corrected chi connectivity index (χ1v) is 8.69. The molecule has 0 bridgehead atoms. The summed E-state index contributed by atoms with van der Waals surface area (Å²) in [5, 5.41) is 6.53. The van der Waals surface area contributed by atoms with Gasteiger partial charge in [0.1, 0.15) is 18.8 Å². The molecule has 27 heavy (non-hydrogen) atoms. The van der Waals surface area contributed by atoms with Gasteiger partial charge in [0.05, 0.1) is 7.11 Å². The molecule has 1 aromatic carbocycles. The van der Waals surface area contributed by atoms with E-state index in [4.69, 9.17) is 16.3 Å². The summed E-state index contributed by atoms with van der Waals surface area (Å²) in [6.45, 7) is 1.17. The lowest BCUT2D eigenvalue weighted by atomic mass is 10.1. The van der Waals surface area contributed by atoms with Crippen LogP contribution in [-0.4, -0.2) is 63.3 Å². The molecule has 0 aliphatic heterocycles. The van der Waals surface area contributed by atoms with E-state index in [0.717, 1.165) is 12.6 Å². The number of halogens is 4. The van der Waals surface area contributed by atoms with Crippen molar-refractivity contribution in [2.24, 2.45) is 4.99 Å². The van der Waals surface area contributed by atoms with Crippen molar-refractivity contribution in [2.75, 3.05) is 40.3 Å². The molecule has 0 saturated carbocycles. The molecule has 2 N–H and O–H groups in total. The molecule has 0 unspecified atom stereocenters. The first-order valence-electron chi connectivity index (χ1n) is 8.31. The standard InChI is InChI=1S/C17H24ClF3N4O2/c1-4-22-16(24-10-15(26)25(2)11-17(19,20)21)23-8-7-12-5-6-13(27-3)9-14(12)18/h5-6,9H,4,7-8,10-11H2,1-3H3,(H2,22,23,24). The summed E-state index contributed by atoms with van der Waals surface area (Å²) in [6, 6.07) is 5.36. The lowest BCUT2D eigenvalue weighted by Crippen LogP contribution is -2.40. The lowest BCUT2D eigenvalue weighted by Gasteiger charge is -2.18. The van der Waals surface area contributed by atoms with Crippen LogP contribution < -0.4 is 15.4 Å². The molecule has 1 aromatic rings. The van der Waals surface area contributed by atoms with Crippen molar-refractivity contribution in [1.82, 2.24) is 15.5 Å². The maximum Gasteiger partial charge on any atom is 0.406 e. The highest BCUT2D eigenvalue weighted by molar-refractivity contribution is 6.31. The molecule has 0 saturated heterocycles. The molecule has 0 aliphatic rings. The molecule has 152 valence electrons. The third-order valence-electron chi connectivity index (χ3n) is 3.51. The maximum atomic E-state index is 12.3. The minimum atomic E-state index is -4.44. The fourth-order valence-electron chi connectivity index (χ4n) is 2.14. The van der Waals surface area contributed by atoms with Gasteiger partial charge < -0.3 is 20.3 Å². The van der Waals surface area contributed by atoms with E-state index >= 15 is 0 Å². The molecule has 0 spiro atoms. The van der Waals surface area contributed by atoms with Crippen molar-refractivity contribution in [3.05, 3.63) is 28.8 Å². The van der Waals surface area contributed by atoms with Crippen molar-refractivity contribution in [2.45, 2.75) is 19.5 Å². The third kappa shape index (κ3) is 8.85. The minimum Gasteiger partial charge on any atom is -0.497 e. The predicted molar refractivity (Wildman–Crippen MR) is 99.4 cm³/mol. The number of likely N-dealkylation sites (N-methyl/N-ethyl adjacent to an activating group) is 1. The summed E-state index contributed by atoms with van der Waals surface area (Å²) in [7, 11) is 2.65. The van der Waals surface area contributed by atoms with Gasteiger partial charge in [0.15, 0.2) is 5.96 Å². The number of nitrogens with one attached hydrogen (secondary N) is 2. The number of rotatable bonds is 8. The van der Waals surface area contributed by atoms with Gasteiger partial charge in [-0.2, -0.15) is 13.2 Å². The van der Waals surface area contributed by atoms with E-state index < -0.39 is 18.6 Å². The van der Waals surface area contributed by atoms with E-state index in [1.54, 1.807) is 19.2 Å². The van der Waals surface area contributed by atoms with Gasteiger partial charge in [0.2, 0.25) is 5.91 Å². The Labute approximate surface area is 161 Å². The molecular formula is C17H24ClF3N4O2. The number of guanidine groups is 1. The number of amides is 1. The second kappa shape index (κ2) is 10.9.